The van der Waals surface area contributed by atoms with E-state index in [1.807, 2.05) is 0 Å². The van der Waals surface area contributed by atoms with E-state index in [0.29, 0.717) is 28.7 Å². The summed E-state index contributed by atoms with van der Waals surface area (Å²) in [6.45, 7) is 3.53. The number of ketones is 2. The molecule has 5 nitrogen and oxygen atoms in total. The number of fused-ring (bicyclic) bond motifs is 1. The van der Waals surface area contributed by atoms with Crippen molar-refractivity contribution in [1.82, 2.24) is 5.32 Å². The van der Waals surface area contributed by atoms with Gasteiger partial charge in [0.05, 0.1) is 6.04 Å². The van der Waals surface area contributed by atoms with Crippen LogP contribution in [0.25, 0.3) is 0 Å². The number of Topliss-reactive ketones (excluding diaryl/α,β-unsaturated/α-hetero) is 2. The van der Waals surface area contributed by atoms with Gasteiger partial charge in [-0.1, -0.05) is 24.3 Å². The molecule has 0 aliphatic heterocycles. The minimum absolute atomic E-state index is 0.126. The molecule has 0 bridgehead atoms. The second-order valence-electron chi connectivity index (χ2n) is 5.14. The van der Waals surface area contributed by atoms with Gasteiger partial charge in [-0.25, -0.2) is 0 Å². The van der Waals surface area contributed by atoms with E-state index < -0.39 is 6.04 Å². The van der Waals surface area contributed by atoms with Crippen LogP contribution >= 0.6 is 0 Å². The standard InChI is InChI=1S/C16H18N2O3/c1-9-11(7-8-18-16(21)10(2)17)15(20)13-6-4-3-5-12(13)14(9)19/h3-6,10H,7-8,17H2,1-2H3,(H,18,21). The number of hydrogen-bond donors (Lipinski definition) is 2. The third-order valence-electron chi connectivity index (χ3n) is 3.57. The lowest BCUT2D eigenvalue weighted by molar-refractivity contribution is -0.121. The van der Waals surface area contributed by atoms with Crippen LogP contribution in [0.2, 0.25) is 0 Å². The van der Waals surface area contributed by atoms with Gasteiger partial charge in [0.2, 0.25) is 5.91 Å². The molecule has 0 saturated carbocycles. The van der Waals surface area contributed by atoms with E-state index in [1.54, 1.807) is 38.1 Å². The maximum absolute atomic E-state index is 12.4. The number of rotatable bonds is 4. The molecule has 1 aromatic rings. The monoisotopic (exact) mass is 286 g/mol. The van der Waals surface area contributed by atoms with Crippen LogP contribution in [0.15, 0.2) is 35.4 Å². The van der Waals surface area contributed by atoms with Crippen molar-refractivity contribution in [3.05, 3.63) is 46.5 Å². The highest BCUT2D eigenvalue weighted by Crippen LogP contribution is 2.27. The lowest BCUT2D eigenvalue weighted by Gasteiger charge is -2.19. The first-order valence-corrected chi connectivity index (χ1v) is 6.85. The molecule has 1 amide bonds. The van der Waals surface area contributed by atoms with Crippen molar-refractivity contribution in [3.8, 4) is 0 Å². The number of nitrogens with one attached hydrogen (secondary N) is 1. The van der Waals surface area contributed by atoms with Crippen molar-refractivity contribution < 1.29 is 14.4 Å². The summed E-state index contributed by atoms with van der Waals surface area (Å²) in [5.41, 5.74) is 7.24. The lowest BCUT2D eigenvalue weighted by Crippen LogP contribution is -2.39. The normalized spacial score (nSPS) is 15.8. The SMILES string of the molecule is CC1=C(CCNC(=O)C(C)N)C(=O)c2ccccc2C1=O. The molecule has 0 heterocycles. The summed E-state index contributed by atoms with van der Waals surface area (Å²) in [5, 5.41) is 2.65. The minimum Gasteiger partial charge on any atom is -0.354 e. The molecule has 110 valence electrons. The van der Waals surface area contributed by atoms with Crippen LogP contribution < -0.4 is 11.1 Å². The van der Waals surface area contributed by atoms with Gasteiger partial charge in [-0.2, -0.15) is 0 Å². The highest BCUT2D eigenvalue weighted by atomic mass is 16.2. The smallest absolute Gasteiger partial charge is 0.236 e. The zero-order valence-electron chi connectivity index (χ0n) is 12.1. The number of carbonyl (C=O) groups is 3. The van der Waals surface area contributed by atoms with Gasteiger partial charge < -0.3 is 11.1 Å². The van der Waals surface area contributed by atoms with Gasteiger partial charge in [0, 0.05) is 28.8 Å². The van der Waals surface area contributed by atoms with Gasteiger partial charge in [-0.3, -0.25) is 14.4 Å². The molecule has 0 radical (unpaired) electrons. The molecule has 0 aromatic heterocycles. The molecule has 1 aliphatic rings. The molecule has 5 heteroatoms. The topological polar surface area (TPSA) is 89.3 Å². The minimum atomic E-state index is -0.593. The zero-order chi connectivity index (χ0) is 15.6. The zero-order valence-corrected chi connectivity index (χ0v) is 12.1. The number of hydrogen-bond acceptors (Lipinski definition) is 4. The number of benzene rings is 1. The average Bonchev–Trinajstić information content (AvgIpc) is 2.48. The Morgan fingerprint density at radius 3 is 2.33 bits per heavy atom. The molecule has 2 rings (SSSR count). The fourth-order valence-electron chi connectivity index (χ4n) is 2.32. The molecule has 0 saturated heterocycles. The summed E-state index contributed by atoms with van der Waals surface area (Å²) < 4.78 is 0. The Balaban J connectivity index is 2.17. The average molecular weight is 286 g/mol. The quantitative estimate of drug-likeness (QED) is 0.871. The van der Waals surface area contributed by atoms with E-state index >= 15 is 0 Å². The molecule has 21 heavy (non-hydrogen) atoms. The third-order valence-corrected chi connectivity index (χ3v) is 3.57. The number of amides is 1. The van der Waals surface area contributed by atoms with Crippen LogP contribution in [0.1, 0.15) is 41.0 Å². The van der Waals surface area contributed by atoms with Gasteiger partial charge in [-0.15, -0.1) is 0 Å². The van der Waals surface area contributed by atoms with Gasteiger partial charge in [0.25, 0.3) is 0 Å². The van der Waals surface area contributed by atoms with E-state index in [0.717, 1.165) is 0 Å². The Hall–Kier alpha value is -2.27. The second-order valence-corrected chi connectivity index (χ2v) is 5.14. The highest BCUT2D eigenvalue weighted by Gasteiger charge is 2.29. The van der Waals surface area contributed by atoms with E-state index in [2.05, 4.69) is 5.32 Å². The summed E-state index contributed by atoms with van der Waals surface area (Å²) in [6.07, 6.45) is 0.323. The number of allylic oxidation sites excluding steroid dienone is 1. The summed E-state index contributed by atoms with van der Waals surface area (Å²) in [7, 11) is 0. The molecule has 1 aliphatic carbocycles. The summed E-state index contributed by atoms with van der Waals surface area (Å²) in [5.74, 6) is -0.542. The molecular weight excluding hydrogens is 268 g/mol. The molecule has 0 spiro atoms. The fraction of sp³-hybridized carbons (Fsp3) is 0.312. The summed E-state index contributed by atoms with van der Waals surface area (Å²) >= 11 is 0. The van der Waals surface area contributed by atoms with E-state index in [-0.39, 0.29) is 24.0 Å². The van der Waals surface area contributed by atoms with Crippen LogP contribution in [0, 0.1) is 0 Å². The molecular formula is C16H18N2O3. The van der Waals surface area contributed by atoms with Crippen molar-refractivity contribution >= 4 is 17.5 Å². The van der Waals surface area contributed by atoms with Crippen molar-refractivity contribution in [2.24, 2.45) is 5.73 Å². The Morgan fingerprint density at radius 2 is 1.76 bits per heavy atom. The number of nitrogens with two attached hydrogens (primary N) is 1. The molecule has 1 aromatic carbocycles. The first kappa shape index (κ1) is 15.1. The maximum atomic E-state index is 12.4. The van der Waals surface area contributed by atoms with Gasteiger partial charge in [0.1, 0.15) is 0 Å². The van der Waals surface area contributed by atoms with Crippen LogP contribution in [0.4, 0.5) is 0 Å². The highest BCUT2D eigenvalue weighted by molar-refractivity contribution is 6.26. The van der Waals surface area contributed by atoms with Gasteiger partial charge in [-0.05, 0) is 20.3 Å². The first-order valence-electron chi connectivity index (χ1n) is 6.85. The molecule has 1 atom stereocenters. The fourth-order valence-corrected chi connectivity index (χ4v) is 2.32. The third kappa shape index (κ3) is 2.92. The Morgan fingerprint density at radius 1 is 1.19 bits per heavy atom. The molecule has 1 unspecified atom stereocenters. The Bertz CT molecular complexity index is 645. The van der Waals surface area contributed by atoms with Gasteiger partial charge >= 0.3 is 0 Å². The predicted molar refractivity (Wildman–Crippen MR) is 79.1 cm³/mol. The van der Waals surface area contributed by atoms with Crippen molar-refractivity contribution in [3.63, 3.8) is 0 Å². The molecule has 0 fully saturated rings. The van der Waals surface area contributed by atoms with E-state index in [9.17, 15) is 14.4 Å². The Kier molecular flexibility index (Phi) is 4.33. The van der Waals surface area contributed by atoms with Gasteiger partial charge in [0.15, 0.2) is 11.6 Å². The van der Waals surface area contributed by atoms with Crippen molar-refractivity contribution in [1.29, 1.82) is 0 Å². The van der Waals surface area contributed by atoms with Crippen LogP contribution in [0.3, 0.4) is 0 Å². The summed E-state index contributed by atoms with van der Waals surface area (Å²) in [4.78, 5) is 36.1. The maximum Gasteiger partial charge on any atom is 0.236 e. The van der Waals surface area contributed by atoms with E-state index in [1.165, 1.54) is 0 Å². The largest absolute Gasteiger partial charge is 0.354 e. The predicted octanol–water partition coefficient (Wildman–Crippen LogP) is 1.24. The summed E-state index contributed by atoms with van der Waals surface area (Å²) in [6, 6.07) is 6.20. The van der Waals surface area contributed by atoms with Crippen molar-refractivity contribution in [2.75, 3.05) is 6.54 Å². The first-order chi connectivity index (χ1) is 9.93. The second kappa shape index (κ2) is 6.01. The van der Waals surface area contributed by atoms with Crippen molar-refractivity contribution in [2.45, 2.75) is 26.3 Å². The van der Waals surface area contributed by atoms with Crippen LogP contribution in [0.5, 0.6) is 0 Å². The lowest BCUT2D eigenvalue weighted by atomic mass is 9.83. The Labute approximate surface area is 123 Å². The van der Waals surface area contributed by atoms with Crippen LogP contribution in [-0.2, 0) is 4.79 Å². The van der Waals surface area contributed by atoms with E-state index in [4.69, 9.17) is 5.73 Å². The number of carbonyl (C=O) groups excluding carboxylic acids is 3. The van der Waals surface area contributed by atoms with Crippen LogP contribution in [-0.4, -0.2) is 30.1 Å². The molecule has 3 N–H and O–H groups in total.